The number of pyridine rings is 1. The van der Waals surface area contributed by atoms with Crippen LogP contribution in [-0.2, 0) is 0 Å². The first-order valence-corrected chi connectivity index (χ1v) is 6.58. The van der Waals surface area contributed by atoms with Gasteiger partial charge in [0.2, 0.25) is 0 Å². The second-order valence-electron chi connectivity index (χ2n) is 5.60. The molecule has 0 aliphatic rings. The van der Waals surface area contributed by atoms with Gasteiger partial charge in [0.1, 0.15) is 5.75 Å². The van der Waals surface area contributed by atoms with E-state index >= 15 is 0 Å². The molecule has 0 aliphatic heterocycles. The lowest BCUT2D eigenvalue weighted by atomic mass is 9.94. The van der Waals surface area contributed by atoms with E-state index in [0.717, 1.165) is 16.3 Å². The van der Waals surface area contributed by atoms with E-state index in [4.69, 9.17) is 0 Å². The summed E-state index contributed by atoms with van der Waals surface area (Å²) in [6, 6.07) is 4.61. The van der Waals surface area contributed by atoms with Gasteiger partial charge in [0, 0.05) is 11.5 Å². The van der Waals surface area contributed by atoms with Gasteiger partial charge >= 0.3 is 0 Å². The molecule has 0 aliphatic carbocycles. The Morgan fingerprint density at radius 2 is 1.78 bits per heavy atom. The fourth-order valence-electron chi connectivity index (χ4n) is 2.34. The molecule has 0 unspecified atom stereocenters. The normalized spacial score (nSPS) is 11.7. The Bertz CT molecular complexity index is 585. The minimum Gasteiger partial charge on any atom is -0.507 e. The van der Waals surface area contributed by atoms with Crippen LogP contribution in [0.5, 0.6) is 5.75 Å². The van der Waals surface area contributed by atoms with Gasteiger partial charge in [0.15, 0.2) is 18.4 Å². The maximum Gasteiger partial charge on any atom is 0.180 e. The third-order valence-electron chi connectivity index (χ3n) is 3.51. The van der Waals surface area contributed by atoms with Crippen LogP contribution in [0.3, 0.4) is 0 Å². The van der Waals surface area contributed by atoms with Crippen LogP contribution in [0.4, 0.5) is 0 Å². The number of aromatic hydroxyl groups is 1. The highest BCUT2D eigenvalue weighted by Gasteiger charge is 2.16. The summed E-state index contributed by atoms with van der Waals surface area (Å²) in [7, 11) is 0. The lowest BCUT2D eigenvalue weighted by Gasteiger charge is -2.13. The highest BCUT2D eigenvalue weighted by molar-refractivity contribution is 5.91. The molecular formula is C16H22NO+. The molecule has 1 N–H and O–H groups in total. The van der Waals surface area contributed by atoms with E-state index in [2.05, 4.69) is 50.6 Å². The Labute approximate surface area is 109 Å². The van der Waals surface area contributed by atoms with Gasteiger partial charge < -0.3 is 5.11 Å². The Morgan fingerprint density at radius 1 is 1.11 bits per heavy atom. The van der Waals surface area contributed by atoms with Crippen molar-refractivity contribution in [2.24, 2.45) is 0 Å². The van der Waals surface area contributed by atoms with Crippen LogP contribution in [0.15, 0.2) is 24.5 Å². The van der Waals surface area contributed by atoms with Crippen LogP contribution in [-0.4, -0.2) is 5.11 Å². The summed E-state index contributed by atoms with van der Waals surface area (Å²) in [5.41, 5.74) is 2.25. The highest BCUT2D eigenvalue weighted by Crippen LogP contribution is 2.33. The molecule has 1 aromatic heterocycles. The number of fused-ring (bicyclic) bond motifs is 1. The molecule has 0 bridgehead atoms. The predicted molar refractivity (Wildman–Crippen MR) is 75.0 cm³/mol. The number of hydrogen-bond acceptors (Lipinski definition) is 1. The standard InChI is InChI=1S/C16H21NO/c1-10(2)14-8-12(5)16(18)15-9-17(11(3)4)7-6-13(14)15/h6-11H,1-5H3/p+1. The van der Waals surface area contributed by atoms with Crippen molar-refractivity contribution in [3.8, 4) is 5.75 Å². The average Bonchev–Trinajstić information content (AvgIpc) is 2.32. The van der Waals surface area contributed by atoms with Gasteiger partial charge in [-0.2, -0.15) is 0 Å². The summed E-state index contributed by atoms with van der Waals surface area (Å²) < 4.78 is 2.13. The maximum absolute atomic E-state index is 10.3. The van der Waals surface area contributed by atoms with Gasteiger partial charge in [-0.25, -0.2) is 4.57 Å². The zero-order valence-corrected chi connectivity index (χ0v) is 11.9. The molecule has 0 atom stereocenters. The molecule has 2 heteroatoms. The molecule has 1 aromatic carbocycles. The molecule has 2 nitrogen and oxygen atoms in total. The van der Waals surface area contributed by atoms with Gasteiger partial charge in [-0.1, -0.05) is 19.9 Å². The number of rotatable bonds is 2. The molecule has 0 radical (unpaired) electrons. The van der Waals surface area contributed by atoms with E-state index in [1.165, 1.54) is 5.56 Å². The zero-order chi connectivity index (χ0) is 13.4. The summed E-state index contributed by atoms with van der Waals surface area (Å²) in [4.78, 5) is 0. The third-order valence-corrected chi connectivity index (χ3v) is 3.51. The van der Waals surface area contributed by atoms with Gasteiger partial charge in [-0.15, -0.1) is 0 Å². The van der Waals surface area contributed by atoms with E-state index in [0.29, 0.717) is 17.7 Å². The van der Waals surface area contributed by atoms with Crippen molar-refractivity contribution in [3.05, 3.63) is 35.7 Å². The largest absolute Gasteiger partial charge is 0.507 e. The quantitative estimate of drug-likeness (QED) is 0.797. The fourth-order valence-corrected chi connectivity index (χ4v) is 2.34. The van der Waals surface area contributed by atoms with E-state index in [1.807, 2.05) is 13.1 Å². The molecule has 0 saturated heterocycles. The van der Waals surface area contributed by atoms with E-state index in [1.54, 1.807) is 0 Å². The number of phenolic OH excluding ortho intramolecular Hbond substituents is 1. The SMILES string of the molecule is Cc1cc(C(C)C)c2cc[n+](C(C)C)cc2c1O. The summed E-state index contributed by atoms with van der Waals surface area (Å²) in [6.45, 7) is 10.6. The summed E-state index contributed by atoms with van der Waals surface area (Å²) >= 11 is 0. The van der Waals surface area contributed by atoms with Crippen LogP contribution in [0.1, 0.15) is 50.8 Å². The van der Waals surface area contributed by atoms with Crippen molar-refractivity contribution >= 4 is 10.8 Å². The van der Waals surface area contributed by atoms with Gasteiger partial charge in [-0.05, 0) is 37.8 Å². The number of hydrogen-bond donors (Lipinski definition) is 1. The molecule has 96 valence electrons. The molecule has 2 aromatic rings. The first-order valence-electron chi connectivity index (χ1n) is 6.58. The van der Waals surface area contributed by atoms with Crippen molar-refractivity contribution in [2.75, 3.05) is 0 Å². The molecular weight excluding hydrogens is 222 g/mol. The van der Waals surface area contributed by atoms with E-state index < -0.39 is 0 Å². The molecule has 0 fully saturated rings. The first-order chi connectivity index (χ1) is 8.41. The maximum atomic E-state index is 10.3. The van der Waals surface area contributed by atoms with Crippen molar-refractivity contribution in [2.45, 2.75) is 46.6 Å². The van der Waals surface area contributed by atoms with Gasteiger partial charge in [-0.3, -0.25) is 0 Å². The second kappa shape index (κ2) is 4.60. The Morgan fingerprint density at radius 3 is 2.33 bits per heavy atom. The van der Waals surface area contributed by atoms with Crippen molar-refractivity contribution in [1.82, 2.24) is 0 Å². The van der Waals surface area contributed by atoms with Gasteiger partial charge in [0.05, 0.1) is 5.39 Å². The lowest BCUT2D eigenvalue weighted by molar-refractivity contribution is -0.715. The number of aryl methyl sites for hydroxylation is 1. The number of phenols is 1. The minimum absolute atomic E-state index is 0.400. The molecule has 0 amide bonds. The van der Waals surface area contributed by atoms with Crippen molar-refractivity contribution < 1.29 is 9.67 Å². The van der Waals surface area contributed by atoms with Crippen LogP contribution in [0.2, 0.25) is 0 Å². The van der Waals surface area contributed by atoms with Crippen molar-refractivity contribution in [3.63, 3.8) is 0 Å². The molecule has 0 spiro atoms. The van der Waals surface area contributed by atoms with E-state index in [-0.39, 0.29) is 0 Å². The van der Waals surface area contributed by atoms with Gasteiger partial charge in [0.25, 0.3) is 0 Å². The van der Waals surface area contributed by atoms with Crippen molar-refractivity contribution in [1.29, 1.82) is 0 Å². The Hall–Kier alpha value is -1.57. The Kier molecular flexibility index (Phi) is 3.29. The first kappa shape index (κ1) is 12.9. The van der Waals surface area contributed by atoms with Crippen LogP contribution >= 0.6 is 0 Å². The Balaban J connectivity index is 2.81. The molecule has 18 heavy (non-hydrogen) atoms. The van der Waals surface area contributed by atoms with Crippen LogP contribution in [0.25, 0.3) is 10.8 Å². The predicted octanol–water partition coefficient (Wildman–Crippen LogP) is 3.85. The topological polar surface area (TPSA) is 24.1 Å². The lowest BCUT2D eigenvalue weighted by Crippen LogP contribution is -2.35. The molecule has 0 saturated carbocycles. The number of aromatic nitrogens is 1. The van der Waals surface area contributed by atoms with E-state index in [9.17, 15) is 5.11 Å². The number of benzene rings is 1. The smallest absolute Gasteiger partial charge is 0.180 e. The number of nitrogens with zero attached hydrogens (tertiary/aromatic N) is 1. The highest BCUT2D eigenvalue weighted by atomic mass is 16.3. The van der Waals surface area contributed by atoms with Crippen LogP contribution < -0.4 is 4.57 Å². The molecule has 1 heterocycles. The summed E-state index contributed by atoms with van der Waals surface area (Å²) in [5, 5.41) is 12.4. The summed E-state index contributed by atoms with van der Waals surface area (Å²) in [6.07, 6.45) is 4.14. The summed E-state index contributed by atoms with van der Waals surface area (Å²) in [5.74, 6) is 0.867. The third kappa shape index (κ3) is 2.07. The minimum atomic E-state index is 0.400. The second-order valence-corrected chi connectivity index (χ2v) is 5.60. The average molecular weight is 244 g/mol. The van der Waals surface area contributed by atoms with Crippen LogP contribution in [0, 0.1) is 6.92 Å². The monoisotopic (exact) mass is 244 g/mol. The zero-order valence-electron chi connectivity index (χ0n) is 11.9. The molecule has 2 rings (SSSR count). The fraction of sp³-hybridized carbons (Fsp3) is 0.438.